The average Bonchev–Trinajstić information content (AvgIpc) is 2.94. The Kier molecular flexibility index (Phi) is 5.83. The van der Waals surface area contributed by atoms with Crippen LogP contribution in [-0.4, -0.2) is 37.5 Å². The monoisotopic (exact) mass is 404 g/mol. The van der Waals surface area contributed by atoms with Gasteiger partial charge in [-0.25, -0.2) is 0 Å². The molecular formula is C21H23F3N4O. The van der Waals surface area contributed by atoms with Crippen LogP contribution in [0.15, 0.2) is 48.7 Å². The van der Waals surface area contributed by atoms with E-state index in [2.05, 4.69) is 16.0 Å². The molecule has 1 amide bonds. The summed E-state index contributed by atoms with van der Waals surface area (Å²) in [6.45, 7) is 2.42. The third-order valence-electron chi connectivity index (χ3n) is 4.46. The van der Waals surface area contributed by atoms with Crippen molar-refractivity contribution in [3.05, 3.63) is 59.8 Å². The van der Waals surface area contributed by atoms with Gasteiger partial charge in [0.1, 0.15) is 0 Å². The lowest BCUT2D eigenvalue weighted by Gasteiger charge is -2.22. The van der Waals surface area contributed by atoms with Crippen molar-refractivity contribution >= 4 is 28.5 Å². The van der Waals surface area contributed by atoms with Crippen LogP contribution < -0.4 is 16.0 Å². The second-order valence-electron chi connectivity index (χ2n) is 7.27. The second kappa shape index (κ2) is 8.16. The van der Waals surface area contributed by atoms with Gasteiger partial charge in [0.2, 0.25) is 0 Å². The minimum Gasteiger partial charge on any atom is -0.381 e. The van der Waals surface area contributed by atoms with E-state index >= 15 is 0 Å². The minimum atomic E-state index is -4.51. The van der Waals surface area contributed by atoms with Crippen LogP contribution in [0.1, 0.15) is 18.1 Å². The number of hydrogen-bond acceptors (Lipinski definition) is 4. The van der Waals surface area contributed by atoms with E-state index in [1.165, 1.54) is 12.3 Å². The van der Waals surface area contributed by atoms with Crippen LogP contribution in [0.3, 0.4) is 0 Å². The maximum Gasteiger partial charge on any atom is 0.418 e. The van der Waals surface area contributed by atoms with Crippen LogP contribution >= 0.6 is 0 Å². The molecule has 1 unspecified atom stereocenters. The first-order valence-corrected chi connectivity index (χ1v) is 9.15. The zero-order valence-electron chi connectivity index (χ0n) is 16.4. The standard InChI is InChI=1S/C21H23F3N4O/c1-13(12-28(2)3)26-19-9-8-14(10-17(19)21(22,23)24)25-11-16-15-6-4-5-7-18(15)27-20(16)29/h4-11,13,25-26H,12H2,1-3H3,(H,27,29). The van der Waals surface area contributed by atoms with Gasteiger partial charge in [0.15, 0.2) is 0 Å². The molecular weight excluding hydrogens is 381 g/mol. The van der Waals surface area contributed by atoms with Crippen LogP contribution in [0.4, 0.5) is 30.2 Å². The molecule has 5 nitrogen and oxygen atoms in total. The first-order chi connectivity index (χ1) is 13.6. The summed E-state index contributed by atoms with van der Waals surface area (Å²) in [6.07, 6.45) is -3.08. The molecule has 0 spiro atoms. The molecule has 29 heavy (non-hydrogen) atoms. The molecule has 1 heterocycles. The fraction of sp³-hybridized carbons (Fsp3) is 0.286. The number of halogens is 3. The topological polar surface area (TPSA) is 56.4 Å². The number of para-hydroxylation sites is 1. The van der Waals surface area contributed by atoms with E-state index in [4.69, 9.17) is 0 Å². The summed E-state index contributed by atoms with van der Waals surface area (Å²) in [5.74, 6) is -0.300. The molecule has 0 bridgehead atoms. The van der Waals surface area contributed by atoms with Gasteiger partial charge < -0.3 is 20.9 Å². The number of alkyl halides is 3. The maximum atomic E-state index is 13.6. The van der Waals surface area contributed by atoms with Crippen LogP contribution in [-0.2, 0) is 11.0 Å². The van der Waals surface area contributed by atoms with Crippen molar-refractivity contribution in [2.45, 2.75) is 19.1 Å². The Hall–Kier alpha value is -3.00. The number of anilines is 3. The predicted octanol–water partition coefficient (Wildman–Crippen LogP) is 4.47. The molecule has 0 saturated carbocycles. The number of carbonyl (C=O) groups excluding carboxylic acids is 1. The highest BCUT2D eigenvalue weighted by molar-refractivity contribution is 6.31. The van der Waals surface area contributed by atoms with E-state index in [9.17, 15) is 18.0 Å². The highest BCUT2D eigenvalue weighted by atomic mass is 19.4. The Bertz CT molecular complexity index is 938. The number of benzene rings is 2. The smallest absolute Gasteiger partial charge is 0.381 e. The third-order valence-corrected chi connectivity index (χ3v) is 4.46. The highest BCUT2D eigenvalue weighted by Gasteiger charge is 2.34. The van der Waals surface area contributed by atoms with Crippen molar-refractivity contribution in [1.82, 2.24) is 4.90 Å². The molecule has 0 saturated heterocycles. The van der Waals surface area contributed by atoms with Gasteiger partial charge in [0.25, 0.3) is 5.91 Å². The van der Waals surface area contributed by atoms with Crippen molar-refractivity contribution in [2.75, 3.05) is 36.6 Å². The van der Waals surface area contributed by atoms with Gasteiger partial charge in [-0.15, -0.1) is 0 Å². The molecule has 2 aromatic carbocycles. The van der Waals surface area contributed by atoms with Crippen LogP contribution in [0, 0.1) is 0 Å². The summed E-state index contributed by atoms with van der Waals surface area (Å²) in [4.78, 5) is 14.0. The lowest BCUT2D eigenvalue weighted by atomic mass is 10.1. The van der Waals surface area contributed by atoms with Gasteiger partial charge in [0.05, 0.1) is 11.1 Å². The molecule has 1 aliphatic heterocycles. The molecule has 0 fully saturated rings. The molecule has 3 N–H and O–H groups in total. The molecule has 3 rings (SSSR count). The zero-order chi connectivity index (χ0) is 21.2. The van der Waals surface area contributed by atoms with Crippen LogP contribution in [0.25, 0.3) is 5.57 Å². The minimum absolute atomic E-state index is 0.0222. The first kappa shape index (κ1) is 20.7. The number of hydrogen-bond donors (Lipinski definition) is 3. The Morgan fingerprint density at radius 2 is 1.90 bits per heavy atom. The van der Waals surface area contributed by atoms with Gasteiger partial charge >= 0.3 is 6.18 Å². The van der Waals surface area contributed by atoms with Crippen molar-refractivity contribution in [3.63, 3.8) is 0 Å². The molecule has 8 heteroatoms. The SMILES string of the molecule is CC(CN(C)C)Nc1ccc(NC=C2C(=O)Nc3ccccc32)cc1C(F)(F)F. The molecule has 0 aromatic heterocycles. The Labute approximate surface area is 167 Å². The Morgan fingerprint density at radius 1 is 1.17 bits per heavy atom. The third kappa shape index (κ3) is 4.89. The van der Waals surface area contributed by atoms with Gasteiger partial charge in [-0.3, -0.25) is 4.79 Å². The molecule has 0 radical (unpaired) electrons. The lowest BCUT2D eigenvalue weighted by Crippen LogP contribution is -2.30. The van der Waals surface area contributed by atoms with Crippen molar-refractivity contribution in [2.24, 2.45) is 0 Å². The molecule has 1 atom stereocenters. The van der Waals surface area contributed by atoms with E-state index in [1.807, 2.05) is 25.9 Å². The fourth-order valence-electron chi connectivity index (χ4n) is 3.29. The van der Waals surface area contributed by atoms with E-state index < -0.39 is 11.7 Å². The lowest BCUT2D eigenvalue weighted by molar-refractivity contribution is -0.136. The first-order valence-electron chi connectivity index (χ1n) is 9.15. The Morgan fingerprint density at radius 3 is 2.59 bits per heavy atom. The zero-order valence-corrected chi connectivity index (χ0v) is 16.4. The molecule has 0 aliphatic carbocycles. The molecule has 1 aliphatic rings. The molecule has 2 aromatic rings. The Balaban J connectivity index is 1.85. The van der Waals surface area contributed by atoms with Crippen LogP contribution in [0.5, 0.6) is 0 Å². The van der Waals surface area contributed by atoms with Crippen molar-refractivity contribution in [1.29, 1.82) is 0 Å². The van der Waals surface area contributed by atoms with E-state index in [0.717, 1.165) is 6.07 Å². The number of carbonyl (C=O) groups is 1. The van der Waals surface area contributed by atoms with Crippen molar-refractivity contribution < 1.29 is 18.0 Å². The summed E-state index contributed by atoms with van der Waals surface area (Å²) < 4.78 is 40.8. The quantitative estimate of drug-likeness (QED) is 0.622. The number of nitrogens with one attached hydrogen (secondary N) is 3. The van der Waals surface area contributed by atoms with Gasteiger partial charge in [-0.2, -0.15) is 13.2 Å². The number of amides is 1. The van der Waals surface area contributed by atoms with Gasteiger partial charge in [-0.1, -0.05) is 18.2 Å². The van der Waals surface area contributed by atoms with Gasteiger partial charge in [-0.05, 0) is 45.3 Å². The second-order valence-corrected chi connectivity index (χ2v) is 7.27. The molecule has 154 valence electrons. The van der Waals surface area contributed by atoms with Gasteiger partial charge in [0, 0.05) is 41.4 Å². The number of fused-ring (bicyclic) bond motifs is 1. The highest BCUT2D eigenvalue weighted by Crippen LogP contribution is 2.37. The number of rotatable bonds is 6. The van der Waals surface area contributed by atoms with Crippen LogP contribution in [0.2, 0.25) is 0 Å². The number of nitrogens with zero attached hydrogens (tertiary/aromatic N) is 1. The van der Waals surface area contributed by atoms with E-state index in [-0.39, 0.29) is 23.3 Å². The average molecular weight is 404 g/mol. The number of likely N-dealkylation sites (N-methyl/N-ethyl adjacent to an activating group) is 1. The predicted molar refractivity (Wildman–Crippen MR) is 110 cm³/mol. The summed E-state index contributed by atoms with van der Waals surface area (Å²) >= 11 is 0. The largest absolute Gasteiger partial charge is 0.418 e. The fourth-order valence-corrected chi connectivity index (χ4v) is 3.29. The summed E-state index contributed by atoms with van der Waals surface area (Å²) in [5, 5.41) is 8.47. The summed E-state index contributed by atoms with van der Waals surface area (Å²) in [7, 11) is 3.72. The normalized spacial score (nSPS) is 16.0. The summed E-state index contributed by atoms with van der Waals surface area (Å²) in [6, 6.07) is 11.0. The van der Waals surface area contributed by atoms with E-state index in [1.54, 1.807) is 30.3 Å². The van der Waals surface area contributed by atoms with Crippen molar-refractivity contribution in [3.8, 4) is 0 Å². The maximum absolute atomic E-state index is 13.6. The summed E-state index contributed by atoms with van der Waals surface area (Å²) in [5.41, 5.74) is 1.26. The van der Waals surface area contributed by atoms with E-state index in [0.29, 0.717) is 23.4 Å².